The lowest BCUT2D eigenvalue weighted by Gasteiger charge is -2.16. The van der Waals surface area contributed by atoms with E-state index in [1.54, 1.807) is 31.7 Å². The van der Waals surface area contributed by atoms with Crippen LogP contribution in [0.3, 0.4) is 0 Å². The van der Waals surface area contributed by atoms with E-state index in [2.05, 4.69) is 20.3 Å². The van der Waals surface area contributed by atoms with E-state index in [9.17, 15) is 4.39 Å². The van der Waals surface area contributed by atoms with E-state index in [1.807, 2.05) is 19.1 Å². The third-order valence-corrected chi connectivity index (χ3v) is 4.27. The number of ether oxygens (including phenoxy) is 2. The minimum absolute atomic E-state index is 0.0917. The molecule has 1 unspecified atom stereocenters. The van der Waals surface area contributed by atoms with Gasteiger partial charge in [0.15, 0.2) is 5.82 Å². The Morgan fingerprint density at radius 1 is 1.17 bits per heavy atom. The first kappa shape index (κ1) is 20.9. The molecule has 7 nitrogen and oxygen atoms in total. The number of nitrogen functional groups attached to an aromatic ring is 1. The molecule has 2 heterocycles. The molecule has 0 aliphatic heterocycles. The van der Waals surface area contributed by atoms with Crippen LogP contribution >= 0.6 is 0 Å². The van der Waals surface area contributed by atoms with E-state index >= 15 is 0 Å². The summed E-state index contributed by atoms with van der Waals surface area (Å²) in [5, 5.41) is 3.52. The Balaban J connectivity index is 1.94. The highest BCUT2D eigenvalue weighted by Crippen LogP contribution is 2.36. The largest absolute Gasteiger partial charge is 0.489 e. The van der Waals surface area contributed by atoms with E-state index in [-0.39, 0.29) is 13.2 Å². The van der Waals surface area contributed by atoms with Crippen LogP contribution in [0.15, 0.2) is 36.8 Å². The van der Waals surface area contributed by atoms with E-state index in [0.717, 1.165) is 22.9 Å². The minimum atomic E-state index is -1.15. The third-order valence-electron chi connectivity index (χ3n) is 4.27. The highest BCUT2D eigenvalue weighted by Gasteiger charge is 2.15. The molecule has 8 heteroatoms. The van der Waals surface area contributed by atoms with E-state index in [0.29, 0.717) is 36.0 Å². The van der Waals surface area contributed by atoms with Gasteiger partial charge in [0.25, 0.3) is 0 Å². The Morgan fingerprint density at radius 3 is 2.69 bits per heavy atom. The lowest BCUT2D eigenvalue weighted by atomic mass is 10.0. The number of nitrogens with one attached hydrogen (secondary N) is 1. The summed E-state index contributed by atoms with van der Waals surface area (Å²) in [6, 6.07) is 5.52. The van der Waals surface area contributed by atoms with Crippen LogP contribution in [0.5, 0.6) is 5.75 Å². The standard InChI is InChI=1S/C21H26FN5O2/c1-3-6-28-13-20-26-8-14(9-27-20)17-4-5-19-18(7-16(23)11-25-19)21(17)29-12-15(22)10-24-2/h4-5,7-9,11,15,24H,3,6,10,12-13,23H2,1-2H3. The molecule has 0 spiro atoms. The van der Waals surface area contributed by atoms with E-state index < -0.39 is 6.17 Å². The maximum atomic E-state index is 14.0. The molecule has 1 aromatic carbocycles. The Labute approximate surface area is 169 Å². The number of alkyl halides is 1. The molecule has 0 saturated heterocycles. The summed E-state index contributed by atoms with van der Waals surface area (Å²) in [7, 11) is 1.70. The van der Waals surface area contributed by atoms with Crippen LogP contribution in [0, 0.1) is 0 Å². The second-order valence-corrected chi connectivity index (χ2v) is 6.68. The van der Waals surface area contributed by atoms with Crippen molar-refractivity contribution in [2.45, 2.75) is 26.1 Å². The molecular weight excluding hydrogens is 373 g/mol. The molecule has 0 amide bonds. The number of anilines is 1. The Kier molecular flexibility index (Phi) is 7.26. The lowest BCUT2D eigenvalue weighted by Crippen LogP contribution is -2.25. The van der Waals surface area contributed by atoms with Crippen molar-refractivity contribution in [3.05, 3.63) is 42.6 Å². The molecule has 2 aromatic heterocycles. The molecular formula is C21H26FN5O2. The summed E-state index contributed by atoms with van der Waals surface area (Å²) in [5.74, 6) is 1.12. The average Bonchev–Trinajstić information content (AvgIpc) is 2.73. The van der Waals surface area contributed by atoms with Crippen LogP contribution in [-0.4, -0.2) is 47.9 Å². The van der Waals surface area contributed by atoms with Crippen LogP contribution in [0.25, 0.3) is 22.0 Å². The van der Waals surface area contributed by atoms with Crippen LogP contribution in [-0.2, 0) is 11.3 Å². The number of pyridine rings is 1. The van der Waals surface area contributed by atoms with Gasteiger partial charge in [0.1, 0.15) is 25.1 Å². The molecule has 154 valence electrons. The molecule has 3 aromatic rings. The highest BCUT2D eigenvalue weighted by atomic mass is 19.1. The van der Waals surface area contributed by atoms with Gasteiger partial charge >= 0.3 is 0 Å². The number of hydrogen-bond donors (Lipinski definition) is 2. The smallest absolute Gasteiger partial charge is 0.153 e. The number of rotatable bonds is 10. The summed E-state index contributed by atoms with van der Waals surface area (Å²) < 4.78 is 25.4. The first-order valence-electron chi connectivity index (χ1n) is 9.61. The number of hydrogen-bond acceptors (Lipinski definition) is 7. The number of halogens is 1. The number of nitrogens with zero attached hydrogens (tertiary/aromatic N) is 3. The molecule has 0 bridgehead atoms. The average molecular weight is 399 g/mol. The summed E-state index contributed by atoms with van der Waals surface area (Å²) in [6.45, 7) is 3.19. The van der Waals surface area contributed by atoms with Crippen molar-refractivity contribution < 1.29 is 13.9 Å². The van der Waals surface area contributed by atoms with Crippen LogP contribution < -0.4 is 15.8 Å². The SMILES string of the molecule is CCCOCc1ncc(-c2ccc3ncc(N)cc3c2OCC(F)CNC)cn1. The first-order chi connectivity index (χ1) is 14.1. The Morgan fingerprint density at radius 2 is 1.97 bits per heavy atom. The number of aromatic nitrogens is 3. The summed E-state index contributed by atoms with van der Waals surface area (Å²) in [6.07, 6.45) is 4.80. The molecule has 0 aliphatic rings. The predicted molar refractivity (Wildman–Crippen MR) is 111 cm³/mol. The molecule has 29 heavy (non-hydrogen) atoms. The minimum Gasteiger partial charge on any atom is -0.489 e. The van der Waals surface area contributed by atoms with Gasteiger partial charge in [-0.3, -0.25) is 4.98 Å². The summed E-state index contributed by atoms with van der Waals surface area (Å²) >= 11 is 0. The van der Waals surface area contributed by atoms with Crippen molar-refractivity contribution in [2.24, 2.45) is 0 Å². The Hall–Kier alpha value is -2.84. The zero-order valence-electron chi connectivity index (χ0n) is 16.7. The van der Waals surface area contributed by atoms with Crippen molar-refractivity contribution in [1.82, 2.24) is 20.3 Å². The van der Waals surface area contributed by atoms with E-state index in [4.69, 9.17) is 15.2 Å². The van der Waals surface area contributed by atoms with Gasteiger partial charge in [-0.1, -0.05) is 6.92 Å². The first-order valence-corrected chi connectivity index (χ1v) is 9.61. The fourth-order valence-electron chi connectivity index (χ4n) is 2.90. The molecule has 0 aliphatic carbocycles. The molecule has 0 fully saturated rings. The third kappa shape index (κ3) is 5.36. The number of nitrogens with two attached hydrogens (primary N) is 1. The van der Waals surface area contributed by atoms with Crippen LogP contribution in [0.1, 0.15) is 19.2 Å². The van der Waals surface area contributed by atoms with Crippen molar-refractivity contribution in [3.63, 3.8) is 0 Å². The second-order valence-electron chi connectivity index (χ2n) is 6.68. The van der Waals surface area contributed by atoms with Crippen molar-refractivity contribution >= 4 is 16.6 Å². The summed E-state index contributed by atoms with van der Waals surface area (Å²) in [5.41, 5.74) is 8.65. The van der Waals surface area contributed by atoms with Crippen molar-refractivity contribution in [3.8, 4) is 16.9 Å². The van der Waals surface area contributed by atoms with Crippen molar-refractivity contribution in [1.29, 1.82) is 0 Å². The summed E-state index contributed by atoms with van der Waals surface area (Å²) in [4.78, 5) is 13.1. The van der Waals surface area contributed by atoms with Crippen LogP contribution in [0.2, 0.25) is 0 Å². The normalized spacial score (nSPS) is 12.2. The van der Waals surface area contributed by atoms with Gasteiger partial charge in [0.05, 0.1) is 17.4 Å². The number of benzene rings is 1. The molecule has 1 atom stereocenters. The van der Waals surface area contributed by atoms with Gasteiger partial charge in [0, 0.05) is 42.1 Å². The van der Waals surface area contributed by atoms with Gasteiger partial charge in [-0.15, -0.1) is 0 Å². The zero-order chi connectivity index (χ0) is 20.6. The fourth-order valence-corrected chi connectivity index (χ4v) is 2.90. The molecule has 0 saturated carbocycles. The van der Waals surface area contributed by atoms with Crippen molar-refractivity contribution in [2.75, 3.05) is 32.5 Å². The van der Waals surface area contributed by atoms with Crippen LogP contribution in [0.4, 0.5) is 10.1 Å². The Bertz CT molecular complexity index is 936. The van der Waals surface area contributed by atoms with Gasteiger partial charge in [-0.05, 0) is 31.7 Å². The van der Waals surface area contributed by atoms with Gasteiger partial charge in [-0.2, -0.15) is 0 Å². The second kappa shape index (κ2) is 10.1. The maximum absolute atomic E-state index is 14.0. The lowest BCUT2D eigenvalue weighted by molar-refractivity contribution is 0.116. The molecule has 3 rings (SSSR count). The molecule has 3 N–H and O–H groups in total. The fraction of sp³-hybridized carbons (Fsp3) is 0.381. The van der Waals surface area contributed by atoms with Gasteiger partial charge in [-0.25, -0.2) is 14.4 Å². The van der Waals surface area contributed by atoms with Gasteiger partial charge < -0.3 is 20.5 Å². The topological polar surface area (TPSA) is 95.2 Å². The van der Waals surface area contributed by atoms with Gasteiger partial charge in [0.2, 0.25) is 0 Å². The monoisotopic (exact) mass is 399 g/mol. The zero-order valence-corrected chi connectivity index (χ0v) is 16.7. The maximum Gasteiger partial charge on any atom is 0.153 e. The quantitative estimate of drug-likeness (QED) is 0.506. The number of fused-ring (bicyclic) bond motifs is 1. The molecule has 0 radical (unpaired) electrons. The van der Waals surface area contributed by atoms with E-state index in [1.165, 1.54) is 0 Å². The highest BCUT2D eigenvalue weighted by molar-refractivity contribution is 5.94. The predicted octanol–water partition coefficient (Wildman–Crippen LogP) is 3.14.